The number of carbonyl (C=O) groups is 2. The zero-order chi connectivity index (χ0) is 13.9. The topological polar surface area (TPSA) is 43.4 Å². The smallest absolute Gasteiger partial charge is 0.306 e. The lowest BCUT2D eigenvalue weighted by molar-refractivity contribution is -0.154. The van der Waals surface area contributed by atoms with Crippen LogP contribution in [0.1, 0.15) is 53.9 Å². The van der Waals surface area contributed by atoms with Gasteiger partial charge in [0.1, 0.15) is 5.78 Å². The number of rotatable bonds is 6. The first-order valence-electron chi connectivity index (χ1n) is 6.91. The minimum atomic E-state index is -0.115. The summed E-state index contributed by atoms with van der Waals surface area (Å²) in [6.45, 7) is 10.5. The molecule has 3 nitrogen and oxygen atoms in total. The second kappa shape index (κ2) is 5.85. The molecule has 0 aliphatic heterocycles. The van der Waals surface area contributed by atoms with Crippen LogP contribution in [0.4, 0.5) is 0 Å². The van der Waals surface area contributed by atoms with Gasteiger partial charge < -0.3 is 4.74 Å². The Morgan fingerprint density at radius 2 is 1.94 bits per heavy atom. The van der Waals surface area contributed by atoms with E-state index in [0.717, 1.165) is 12.8 Å². The summed E-state index contributed by atoms with van der Waals surface area (Å²) >= 11 is 0. The monoisotopic (exact) mass is 254 g/mol. The van der Waals surface area contributed by atoms with Gasteiger partial charge in [0.2, 0.25) is 0 Å². The normalized spacial score (nSPS) is 25.7. The highest BCUT2D eigenvalue weighted by atomic mass is 16.5. The van der Waals surface area contributed by atoms with E-state index >= 15 is 0 Å². The van der Waals surface area contributed by atoms with E-state index in [-0.39, 0.29) is 29.0 Å². The predicted octanol–water partition coefficient (Wildman–Crippen LogP) is 3.22. The lowest BCUT2D eigenvalue weighted by Gasteiger charge is -2.50. The molecule has 0 spiro atoms. The Hall–Kier alpha value is -0.860. The molecule has 0 amide bonds. The zero-order valence-electron chi connectivity index (χ0n) is 12.3. The van der Waals surface area contributed by atoms with Gasteiger partial charge in [0.15, 0.2) is 0 Å². The van der Waals surface area contributed by atoms with Gasteiger partial charge in [-0.3, -0.25) is 9.59 Å². The first-order valence-corrected chi connectivity index (χ1v) is 6.91. The van der Waals surface area contributed by atoms with Crippen LogP contribution in [-0.2, 0) is 14.3 Å². The van der Waals surface area contributed by atoms with Crippen molar-refractivity contribution in [3.05, 3.63) is 0 Å². The van der Waals surface area contributed by atoms with Gasteiger partial charge in [-0.1, -0.05) is 27.7 Å². The van der Waals surface area contributed by atoms with E-state index < -0.39 is 0 Å². The summed E-state index contributed by atoms with van der Waals surface area (Å²) in [7, 11) is 0. The van der Waals surface area contributed by atoms with E-state index in [9.17, 15) is 9.59 Å². The molecule has 1 rings (SSSR count). The van der Waals surface area contributed by atoms with Crippen molar-refractivity contribution in [1.82, 2.24) is 0 Å². The third-order valence-corrected chi connectivity index (χ3v) is 4.33. The summed E-state index contributed by atoms with van der Waals surface area (Å²) in [5.41, 5.74) is -0.0527. The van der Waals surface area contributed by atoms with Gasteiger partial charge in [-0.15, -0.1) is 0 Å². The van der Waals surface area contributed by atoms with E-state index in [1.165, 1.54) is 0 Å². The van der Waals surface area contributed by atoms with Crippen LogP contribution in [0, 0.1) is 23.2 Å². The van der Waals surface area contributed by atoms with Crippen LogP contribution in [0.15, 0.2) is 0 Å². The molecule has 0 radical (unpaired) electrons. The third kappa shape index (κ3) is 3.56. The lowest BCUT2D eigenvalue weighted by atomic mass is 9.53. The number of esters is 1. The van der Waals surface area contributed by atoms with Gasteiger partial charge in [0.25, 0.3) is 0 Å². The van der Waals surface area contributed by atoms with Crippen molar-refractivity contribution in [2.45, 2.75) is 53.9 Å². The molecule has 0 aromatic heterocycles. The van der Waals surface area contributed by atoms with Gasteiger partial charge in [0.05, 0.1) is 6.61 Å². The molecule has 0 N–H and O–H groups in total. The van der Waals surface area contributed by atoms with E-state index in [2.05, 4.69) is 27.7 Å². The number of hydrogen-bond acceptors (Lipinski definition) is 3. The quantitative estimate of drug-likeness (QED) is 0.684. The highest BCUT2D eigenvalue weighted by Crippen LogP contribution is 2.53. The molecule has 1 aliphatic carbocycles. The van der Waals surface area contributed by atoms with Crippen LogP contribution in [0.3, 0.4) is 0 Å². The van der Waals surface area contributed by atoms with Crippen molar-refractivity contribution >= 4 is 11.8 Å². The number of hydrogen-bond donors (Lipinski definition) is 0. The Balaban J connectivity index is 2.32. The Labute approximate surface area is 110 Å². The summed E-state index contributed by atoms with van der Waals surface area (Å²) in [4.78, 5) is 23.1. The van der Waals surface area contributed by atoms with Crippen molar-refractivity contribution in [3.8, 4) is 0 Å². The molecule has 0 heterocycles. The molecule has 0 aromatic carbocycles. The Morgan fingerprint density at radius 3 is 2.39 bits per heavy atom. The maximum atomic E-state index is 11.7. The molecule has 0 saturated heterocycles. The van der Waals surface area contributed by atoms with Gasteiger partial charge in [-0.05, 0) is 37.0 Å². The zero-order valence-corrected chi connectivity index (χ0v) is 12.3. The van der Waals surface area contributed by atoms with Crippen molar-refractivity contribution < 1.29 is 14.3 Å². The average molecular weight is 254 g/mol. The van der Waals surface area contributed by atoms with Crippen LogP contribution < -0.4 is 0 Å². The molecule has 1 aliphatic rings. The van der Waals surface area contributed by atoms with Crippen molar-refractivity contribution in [3.63, 3.8) is 0 Å². The largest absolute Gasteiger partial charge is 0.466 e. The second-order valence-corrected chi connectivity index (χ2v) is 6.52. The number of carbonyl (C=O) groups excluding carboxylic acids is 2. The summed E-state index contributed by atoms with van der Waals surface area (Å²) in [5, 5.41) is 0. The number of ether oxygens (including phenoxy) is 1. The minimum absolute atomic E-state index is 0.0527. The fraction of sp³-hybridized carbons (Fsp3) is 0.867. The number of ketones is 1. The van der Waals surface area contributed by atoms with E-state index in [0.29, 0.717) is 18.9 Å². The highest BCUT2D eigenvalue weighted by Gasteiger charge is 2.50. The lowest BCUT2D eigenvalue weighted by Crippen LogP contribution is -2.49. The molecule has 18 heavy (non-hydrogen) atoms. The maximum absolute atomic E-state index is 11.7. The average Bonchev–Trinajstić information content (AvgIpc) is 2.22. The SMILES string of the molecule is CC(=O)C1CC(CC(=O)OCCC(C)C)C1(C)C. The third-order valence-electron chi connectivity index (χ3n) is 4.33. The Kier molecular flexibility index (Phi) is 4.94. The summed E-state index contributed by atoms with van der Waals surface area (Å²) in [6, 6.07) is 0. The summed E-state index contributed by atoms with van der Waals surface area (Å²) < 4.78 is 5.22. The number of Topliss-reactive ketones (excluding diaryl/α,β-unsaturated/α-hetero) is 1. The maximum Gasteiger partial charge on any atom is 0.306 e. The fourth-order valence-corrected chi connectivity index (χ4v) is 2.72. The van der Waals surface area contributed by atoms with Crippen LogP contribution in [0.2, 0.25) is 0 Å². The summed E-state index contributed by atoms with van der Waals surface area (Å²) in [6.07, 6.45) is 2.20. The molecule has 104 valence electrons. The molecule has 3 heteroatoms. The fourth-order valence-electron chi connectivity index (χ4n) is 2.72. The van der Waals surface area contributed by atoms with Gasteiger partial charge in [0, 0.05) is 12.3 Å². The first kappa shape index (κ1) is 15.2. The molecular formula is C15H26O3. The van der Waals surface area contributed by atoms with Gasteiger partial charge in [-0.25, -0.2) is 0 Å². The standard InChI is InChI=1S/C15H26O3/c1-10(2)6-7-18-14(17)9-12-8-13(11(3)16)15(12,4)5/h10,12-13H,6-9H2,1-5H3. The minimum Gasteiger partial charge on any atom is -0.466 e. The van der Waals surface area contributed by atoms with E-state index in [1.54, 1.807) is 6.92 Å². The summed E-state index contributed by atoms with van der Waals surface area (Å²) in [5.74, 6) is 1.09. The molecule has 2 unspecified atom stereocenters. The predicted molar refractivity (Wildman–Crippen MR) is 71.1 cm³/mol. The second-order valence-electron chi connectivity index (χ2n) is 6.52. The Bertz CT molecular complexity index is 318. The highest BCUT2D eigenvalue weighted by molar-refractivity contribution is 5.81. The Morgan fingerprint density at radius 1 is 1.33 bits per heavy atom. The van der Waals surface area contributed by atoms with Crippen molar-refractivity contribution in [2.24, 2.45) is 23.2 Å². The van der Waals surface area contributed by atoms with Gasteiger partial charge >= 0.3 is 5.97 Å². The van der Waals surface area contributed by atoms with Crippen LogP contribution in [-0.4, -0.2) is 18.4 Å². The van der Waals surface area contributed by atoms with Crippen molar-refractivity contribution in [1.29, 1.82) is 0 Å². The van der Waals surface area contributed by atoms with E-state index in [4.69, 9.17) is 4.74 Å². The first-order chi connectivity index (χ1) is 8.25. The van der Waals surface area contributed by atoms with E-state index in [1.807, 2.05) is 0 Å². The molecule has 0 aromatic rings. The van der Waals surface area contributed by atoms with Crippen LogP contribution >= 0.6 is 0 Å². The molecule has 0 bridgehead atoms. The van der Waals surface area contributed by atoms with Crippen LogP contribution in [0.25, 0.3) is 0 Å². The molecule has 2 atom stereocenters. The van der Waals surface area contributed by atoms with Crippen LogP contribution in [0.5, 0.6) is 0 Å². The van der Waals surface area contributed by atoms with Gasteiger partial charge in [-0.2, -0.15) is 0 Å². The van der Waals surface area contributed by atoms with Crippen molar-refractivity contribution in [2.75, 3.05) is 6.61 Å². The molecule has 1 fully saturated rings. The molecule has 1 saturated carbocycles. The molecular weight excluding hydrogens is 228 g/mol.